The lowest BCUT2D eigenvalue weighted by molar-refractivity contribution is 0.110. The Balaban J connectivity index is 2.90. The van der Waals surface area contributed by atoms with Gasteiger partial charge in [0.1, 0.15) is 0 Å². The van der Waals surface area contributed by atoms with Crippen molar-refractivity contribution in [2.75, 3.05) is 39.9 Å². The van der Waals surface area contributed by atoms with Crippen molar-refractivity contribution >= 4 is 0 Å². The van der Waals surface area contributed by atoms with Gasteiger partial charge < -0.3 is 10.1 Å². The van der Waals surface area contributed by atoms with Crippen LogP contribution in [0.3, 0.4) is 0 Å². The number of nitrogens with zero attached hydrogens (tertiary/aromatic N) is 1. The second kappa shape index (κ2) is 9.19. The molecule has 3 heteroatoms. The largest absolute Gasteiger partial charge is 0.383 e. The van der Waals surface area contributed by atoms with Crippen LogP contribution in [0.15, 0.2) is 30.3 Å². The molecule has 0 bridgehead atoms. The maximum absolute atomic E-state index is 5.27. The first-order valence-electron chi connectivity index (χ1n) is 8.02. The molecule has 1 aromatic carbocycles. The van der Waals surface area contributed by atoms with Gasteiger partial charge in [-0.15, -0.1) is 0 Å². The summed E-state index contributed by atoms with van der Waals surface area (Å²) in [5.41, 5.74) is 1.50. The van der Waals surface area contributed by atoms with Crippen LogP contribution in [-0.2, 0) is 10.2 Å². The molecular weight excluding hydrogens is 260 g/mol. The minimum atomic E-state index is 0.106. The molecule has 0 aliphatic rings. The number of hydrogen-bond donors (Lipinski definition) is 1. The van der Waals surface area contributed by atoms with Crippen molar-refractivity contribution in [2.24, 2.45) is 0 Å². The molecule has 0 aliphatic heterocycles. The number of nitrogens with one attached hydrogen (secondary N) is 1. The summed E-state index contributed by atoms with van der Waals surface area (Å²) in [7, 11) is 1.77. The van der Waals surface area contributed by atoms with Gasteiger partial charge in [-0.1, -0.05) is 44.2 Å². The van der Waals surface area contributed by atoms with Crippen LogP contribution >= 0.6 is 0 Å². The summed E-state index contributed by atoms with van der Waals surface area (Å²) in [5, 5.41) is 3.53. The normalized spacial score (nSPS) is 14.6. The Hall–Kier alpha value is -0.900. The van der Waals surface area contributed by atoms with Crippen molar-refractivity contribution in [1.29, 1.82) is 0 Å². The molecule has 0 saturated heterocycles. The molecule has 120 valence electrons. The first-order valence-corrected chi connectivity index (χ1v) is 8.02. The van der Waals surface area contributed by atoms with E-state index in [9.17, 15) is 0 Å². The average molecular weight is 292 g/mol. The minimum Gasteiger partial charge on any atom is -0.383 e. The Labute approximate surface area is 130 Å². The molecule has 1 atom stereocenters. The van der Waals surface area contributed by atoms with Crippen LogP contribution < -0.4 is 5.32 Å². The minimum absolute atomic E-state index is 0.106. The Morgan fingerprint density at radius 2 is 1.90 bits per heavy atom. The van der Waals surface area contributed by atoms with Crippen molar-refractivity contribution in [3.63, 3.8) is 0 Å². The topological polar surface area (TPSA) is 24.5 Å². The van der Waals surface area contributed by atoms with Crippen LogP contribution in [-0.4, -0.2) is 50.8 Å². The second-order valence-corrected chi connectivity index (χ2v) is 6.26. The fourth-order valence-electron chi connectivity index (χ4n) is 2.67. The lowest BCUT2D eigenvalue weighted by atomic mass is 9.81. The van der Waals surface area contributed by atoms with Gasteiger partial charge in [0.25, 0.3) is 0 Å². The molecule has 0 radical (unpaired) electrons. The van der Waals surface area contributed by atoms with E-state index in [2.05, 4.69) is 68.2 Å². The highest BCUT2D eigenvalue weighted by Gasteiger charge is 2.29. The molecule has 0 fully saturated rings. The maximum atomic E-state index is 5.27. The fraction of sp³-hybridized carbons (Fsp3) is 0.667. The number of ether oxygens (including phenoxy) is 1. The number of likely N-dealkylation sites (N-methyl/N-ethyl adjacent to an activating group) is 1. The lowest BCUT2D eigenvalue weighted by Crippen LogP contribution is -2.48. The summed E-state index contributed by atoms with van der Waals surface area (Å²) in [6.45, 7) is 13.8. The van der Waals surface area contributed by atoms with Gasteiger partial charge in [-0.2, -0.15) is 0 Å². The highest BCUT2D eigenvalue weighted by molar-refractivity contribution is 5.25. The second-order valence-electron chi connectivity index (χ2n) is 6.26. The van der Waals surface area contributed by atoms with E-state index in [0.29, 0.717) is 6.04 Å². The zero-order valence-corrected chi connectivity index (χ0v) is 14.4. The quantitative estimate of drug-likeness (QED) is 0.717. The van der Waals surface area contributed by atoms with Crippen LogP contribution in [0.4, 0.5) is 0 Å². The van der Waals surface area contributed by atoms with Crippen LogP contribution in [0.1, 0.15) is 33.3 Å². The van der Waals surface area contributed by atoms with Gasteiger partial charge in [0.05, 0.1) is 6.61 Å². The zero-order chi connectivity index (χ0) is 15.7. The molecule has 0 aliphatic carbocycles. The molecule has 1 rings (SSSR count). The molecule has 1 N–H and O–H groups in total. The third kappa shape index (κ3) is 5.77. The van der Waals surface area contributed by atoms with Crippen molar-refractivity contribution in [1.82, 2.24) is 10.2 Å². The van der Waals surface area contributed by atoms with E-state index in [1.54, 1.807) is 7.11 Å². The Morgan fingerprint density at radius 1 is 1.24 bits per heavy atom. The molecule has 1 aromatic rings. The molecule has 0 spiro atoms. The molecular formula is C18H32N2O. The number of methoxy groups -OCH3 is 1. The van der Waals surface area contributed by atoms with Gasteiger partial charge in [-0.3, -0.25) is 4.90 Å². The summed E-state index contributed by atoms with van der Waals surface area (Å²) >= 11 is 0. The Kier molecular flexibility index (Phi) is 7.94. The molecule has 0 aromatic heterocycles. The molecule has 1 unspecified atom stereocenters. The lowest BCUT2D eigenvalue weighted by Gasteiger charge is -2.38. The first-order chi connectivity index (χ1) is 10.0. The van der Waals surface area contributed by atoms with Crippen molar-refractivity contribution in [2.45, 2.75) is 39.2 Å². The third-order valence-electron chi connectivity index (χ3n) is 4.10. The fourth-order valence-corrected chi connectivity index (χ4v) is 2.67. The molecule has 21 heavy (non-hydrogen) atoms. The van der Waals surface area contributed by atoms with Crippen LogP contribution in [0, 0.1) is 0 Å². The van der Waals surface area contributed by atoms with Crippen molar-refractivity contribution in [3.05, 3.63) is 35.9 Å². The molecule has 0 saturated carbocycles. The van der Waals surface area contributed by atoms with Crippen LogP contribution in [0.25, 0.3) is 0 Å². The standard InChI is InChI=1S/C18H32N2O/c1-6-19-14-18(4,17-10-8-7-9-11-17)15-20(16(2)3)12-13-21-5/h7-11,16,19H,6,12-15H2,1-5H3. The number of hydrogen-bond acceptors (Lipinski definition) is 3. The van der Waals surface area contributed by atoms with E-state index in [1.807, 2.05) is 0 Å². The molecule has 3 nitrogen and oxygen atoms in total. The van der Waals surface area contributed by atoms with Crippen molar-refractivity contribution in [3.8, 4) is 0 Å². The van der Waals surface area contributed by atoms with Crippen LogP contribution in [0.2, 0.25) is 0 Å². The van der Waals surface area contributed by atoms with Crippen molar-refractivity contribution < 1.29 is 4.74 Å². The molecule has 0 amide bonds. The zero-order valence-electron chi connectivity index (χ0n) is 14.4. The third-order valence-corrected chi connectivity index (χ3v) is 4.10. The van der Waals surface area contributed by atoms with E-state index in [1.165, 1.54) is 5.56 Å². The Morgan fingerprint density at radius 3 is 2.43 bits per heavy atom. The van der Waals surface area contributed by atoms with Gasteiger partial charge in [0.15, 0.2) is 0 Å². The highest BCUT2D eigenvalue weighted by atomic mass is 16.5. The summed E-state index contributed by atoms with van der Waals surface area (Å²) in [5.74, 6) is 0. The van der Waals surface area contributed by atoms with Gasteiger partial charge >= 0.3 is 0 Å². The monoisotopic (exact) mass is 292 g/mol. The van der Waals surface area contributed by atoms with Gasteiger partial charge in [-0.05, 0) is 26.0 Å². The van der Waals surface area contributed by atoms with Gasteiger partial charge in [0.2, 0.25) is 0 Å². The molecule has 0 heterocycles. The van der Waals surface area contributed by atoms with E-state index in [-0.39, 0.29) is 5.41 Å². The maximum Gasteiger partial charge on any atom is 0.0589 e. The summed E-state index contributed by atoms with van der Waals surface area (Å²) in [4.78, 5) is 2.51. The van der Waals surface area contributed by atoms with Crippen LogP contribution in [0.5, 0.6) is 0 Å². The first kappa shape index (κ1) is 18.1. The Bertz CT molecular complexity index is 380. The highest BCUT2D eigenvalue weighted by Crippen LogP contribution is 2.25. The predicted molar refractivity (Wildman–Crippen MR) is 90.9 cm³/mol. The van der Waals surface area contributed by atoms with Gasteiger partial charge in [-0.25, -0.2) is 0 Å². The predicted octanol–water partition coefficient (Wildman–Crippen LogP) is 2.91. The number of rotatable bonds is 10. The SMILES string of the molecule is CCNCC(C)(CN(CCOC)C(C)C)c1ccccc1. The summed E-state index contributed by atoms with van der Waals surface area (Å²) in [6.07, 6.45) is 0. The van der Waals surface area contributed by atoms with E-state index < -0.39 is 0 Å². The van der Waals surface area contributed by atoms with E-state index >= 15 is 0 Å². The van der Waals surface area contributed by atoms with Gasteiger partial charge in [0, 0.05) is 38.2 Å². The average Bonchev–Trinajstić information content (AvgIpc) is 2.50. The smallest absolute Gasteiger partial charge is 0.0589 e. The summed E-state index contributed by atoms with van der Waals surface area (Å²) in [6, 6.07) is 11.4. The van der Waals surface area contributed by atoms with E-state index in [4.69, 9.17) is 4.74 Å². The number of benzene rings is 1. The van der Waals surface area contributed by atoms with E-state index in [0.717, 1.165) is 32.8 Å². The summed E-state index contributed by atoms with van der Waals surface area (Å²) < 4.78 is 5.27.